The molecule has 31 heavy (non-hydrogen) atoms. The molecule has 2 aromatic carbocycles. The Hall–Kier alpha value is -4.00. The fraction of sp³-hybridized carbons (Fsp3) is 0.167. The third kappa shape index (κ3) is 3.66. The average Bonchev–Trinajstić information content (AvgIpc) is 3.30. The van der Waals surface area contributed by atoms with E-state index in [2.05, 4.69) is 5.32 Å². The van der Waals surface area contributed by atoms with E-state index in [4.69, 9.17) is 13.9 Å². The first kappa shape index (κ1) is 20.3. The van der Waals surface area contributed by atoms with Crippen LogP contribution in [-0.4, -0.2) is 31.6 Å². The van der Waals surface area contributed by atoms with Crippen molar-refractivity contribution in [1.29, 1.82) is 0 Å². The van der Waals surface area contributed by atoms with Crippen molar-refractivity contribution in [3.8, 4) is 11.5 Å². The molecule has 0 bridgehead atoms. The number of carbonyl (C=O) groups is 2. The second kappa shape index (κ2) is 8.39. The summed E-state index contributed by atoms with van der Waals surface area (Å²) in [6, 6.07) is 17.7. The standard InChI is InChI=1S/C24H22N2O5/c1-29-20-11-5-3-9-18(20)25-23(28)24(14-13-17-8-7-15-31-17)16-22(27)26(24)19-10-4-6-12-21(19)30-2/h3-15H,16H2,1-2H3,(H,25,28). The summed E-state index contributed by atoms with van der Waals surface area (Å²) in [5, 5.41) is 2.91. The van der Waals surface area contributed by atoms with Crippen LogP contribution in [-0.2, 0) is 9.59 Å². The highest BCUT2D eigenvalue weighted by Crippen LogP contribution is 2.44. The largest absolute Gasteiger partial charge is 0.495 e. The van der Waals surface area contributed by atoms with E-state index in [0.717, 1.165) is 0 Å². The van der Waals surface area contributed by atoms with Crippen LogP contribution in [0.15, 0.2) is 77.4 Å². The normalized spacial score (nSPS) is 18.0. The molecule has 1 saturated heterocycles. The number of β-lactam (4-membered cyclic amide) rings is 1. The molecule has 7 heteroatoms. The highest BCUT2D eigenvalue weighted by Gasteiger charge is 2.56. The molecule has 1 atom stereocenters. The van der Waals surface area contributed by atoms with Crippen molar-refractivity contribution in [2.75, 3.05) is 24.4 Å². The lowest BCUT2D eigenvalue weighted by atomic mass is 9.81. The van der Waals surface area contributed by atoms with Crippen molar-refractivity contribution >= 4 is 29.3 Å². The zero-order valence-corrected chi connectivity index (χ0v) is 17.2. The molecule has 3 aromatic rings. The van der Waals surface area contributed by atoms with Crippen molar-refractivity contribution in [1.82, 2.24) is 0 Å². The third-order valence-electron chi connectivity index (χ3n) is 5.21. The number of rotatable bonds is 7. The second-order valence-electron chi connectivity index (χ2n) is 7.01. The van der Waals surface area contributed by atoms with Gasteiger partial charge in [-0.25, -0.2) is 0 Å². The van der Waals surface area contributed by atoms with Crippen LogP contribution >= 0.6 is 0 Å². The van der Waals surface area contributed by atoms with Crippen molar-refractivity contribution in [3.05, 3.63) is 78.8 Å². The average molecular weight is 418 g/mol. The molecule has 1 aliphatic heterocycles. The van der Waals surface area contributed by atoms with Gasteiger partial charge in [-0.15, -0.1) is 0 Å². The molecule has 1 unspecified atom stereocenters. The number of benzene rings is 2. The van der Waals surface area contributed by atoms with Gasteiger partial charge in [-0.05, 0) is 48.6 Å². The molecule has 1 fully saturated rings. The summed E-state index contributed by atoms with van der Waals surface area (Å²) >= 11 is 0. The Morgan fingerprint density at radius 2 is 1.74 bits per heavy atom. The third-order valence-corrected chi connectivity index (χ3v) is 5.21. The maximum atomic E-state index is 13.6. The Bertz CT molecular complexity index is 1120. The molecule has 1 aromatic heterocycles. The minimum Gasteiger partial charge on any atom is -0.495 e. The molecule has 0 spiro atoms. The van der Waals surface area contributed by atoms with Crippen LogP contribution in [0.2, 0.25) is 0 Å². The van der Waals surface area contributed by atoms with Crippen LogP contribution < -0.4 is 19.7 Å². The molecule has 0 radical (unpaired) electrons. The zero-order valence-electron chi connectivity index (χ0n) is 17.2. The van der Waals surface area contributed by atoms with Crippen molar-refractivity contribution in [3.63, 3.8) is 0 Å². The van der Waals surface area contributed by atoms with Crippen LogP contribution in [0.25, 0.3) is 6.08 Å². The predicted octanol–water partition coefficient (Wildman–Crippen LogP) is 4.12. The molecular weight excluding hydrogens is 396 g/mol. The minimum atomic E-state index is -1.26. The summed E-state index contributed by atoms with van der Waals surface area (Å²) < 4.78 is 16.2. The highest BCUT2D eigenvalue weighted by molar-refractivity contribution is 6.19. The molecular formula is C24H22N2O5. The van der Waals surface area contributed by atoms with Crippen molar-refractivity contribution < 1.29 is 23.5 Å². The molecule has 1 N–H and O–H groups in total. The molecule has 158 valence electrons. The van der Waals surface area contributed by atoms with Gasteiger partial charge < -0.3 is 19.2 Å². The number of para-hydroxylation sites is 4. The van der Waals surface area contributed by atoms with Gasteiger partial charge in [0.15, 0.2) is 5.54 Å². The van der Waals surface area contributed by atoms with Gasteiger partial charge in [0.1, 0.15) is 17.3 Å². The quantitative estimate of drug-likeness (QED) is 0.584. The molecule has 0 aliphatic carbocycles. The van der Waals surface area contributed by atoms with Crippen LogP contribution in [0.3, 0.4) is 0 Å². The Morgan fingerprint density at radius 1 is 1.03 bits per heavy atom. The maximum absolute atomic E-state index is 13.6. The van der Waals surface area contributed by atoms with Crippen LogP contribution in [0.1, 0.15) is 12.2 Å². The first-order valence-corrected chi connectivity index (χ1v) is 9.72. The van der Waals surface area contributed by atoms with Gasteiger partial charge in [-0.3, -0.25) is 14.5 Å². The molecule has 2 amide bonds. The molecule has 2 heterocycles. The van der Waals surface area contributed by atoms with Gasteiger partial charge >= 0.3 is 0 Å². The molecule has 4 rings (SSSR count). The van der Waals surface area contributed by atoms with Crippen LogP contribution in [0, 0.1) is 0 Å². The fourth-order valence-electron chi connectivity index (χ4n) is 3.66. The van der Waals surface area contributed by atoms with E-state index in [1.54, 1.807) is 66.9 Å². The van der Waals surface area contributed by atoms with E-state index >= 15 is 0 Å². The van der Waals surface area contributed by atoms with Gasteiger partial charge in [-0.2, -0.15) is 0 Å². The number of anilines is 2. The SMILES string of the molecule is COc1ccccc1NC(=O)C1(C=Cc2ccco2)CC(=O)N1c1ccccc1OC. The predicted molar refractivity (Wildman–Crippen MR) is 117 cm³/mol. The number of nitrogens with zero attached hydrogens (tertiary/aromatic N) is 1. The number of furan rings is 1. The van der Waals surface area contributed by atoms with E-state index in [-0.39, 0.29) is 18.2 Å². The van der Waals surface area contributed by atoms with Gasteiger partial charge in [-0.1, -0.05) is 24.3 Å². The lowest BCUT2D eigenvalue weighted by molar-refractivity contribution is -0.134. The van der Waals surface area contributed by atoms with E-state index in [9.17, 15) is 9.59 Å². The lowest BCUT2D eigenvalue weighted by Crippen LogP contribution is -2.68. The van der Waals surface area contributed by atoms with E-state index in [1.807, 2.05) is 12.1 Å². The Kier molecular flexibility index (Phi) is 5.49. The number of carbonyl (C=O) groups excluding carboxylic acids is 2. The number of methoxy groups -OCH3 is 2. The minimum absolute atomic E-state index is 0.00321. The maximum Gasteiger partial charge on any atom is 0.255 e. The topological polar surface area (TPSA) is 81.0 Å². The van der Waals surface area contributed by atoms with Crippen molar-refractivity contribution in [2.24, 2.45) is 0 Å². The Morgan fingerprint density at radius 3 is 2.42 bits per heavy atom. The van der Waals surface area contributed by atoms with Crippen LogP contribution in [0.5, 0.6) is 11.5 Å². The van der Waals surface area contributed by atoms with Crippen molar-refractivity contribution in [2.45, 2.75) is 12.0 Å². The highest BCUT2D eigenvalue weighted by atomic mass is 16.5. The monoisotopic (exact) mass is 418 g/mol. The second-order valence-corrected chi connectivity index (χ2v) is 7.01. The summed E-state index contributed by atoms with van der Waals surface area (Å²) in [5.74, 6) is 1.03. The van der Waals surface area contributed by atoms with Gasteiger partial charge in [0.2, 0.25) is 5.91 Å². The summed E-state index contributed by atoms with van der Waals surface area (Å²) in [4.78, 5) is 27.8. The Balaban J connectivity index is 1.76. The lowest BCUT2D eigenvalue weighted by Gasteiger charge is -2.49. The Labute approximate surface area is 179 Å². The van der Waals surface area contributed by atoms with E-state index in [1.165, 1.54) is 19.1 Å². The van der Waals surface area contributed by atoms with E-state index < -0.39 is 5.54 Å². The number of amides is 2. The number of hydrogen-bond donors (Lipinski definition) is 1. The number of nitrogens with one attached hydrogen (secondary N) is 1. The fourth-order valence-corrected chi connectivity index (χ4v) is 3.66. The zero-order chi connectivity index (χ0) is 21.8. The number of hydrogen-bond acceptors (Lipinski definition) is 5. The molecule has 1 aliphatic rings. The summed E-state index contributed by atoms with van der Waals surface area (Å²) in [6.07, 6.45) is 4.93. The molecule has 7 nitrogen and oxygen atoms in total. The first-order valence-electron chi connectivity index (χ1n) is 9.72. The van der Waals surface area contributed by atoms with E-state index in [0.29, 0.717) is 28.6 Å². The summed E-state index contributed by atoms with van der Waals surface area (Å²) in [7, 11) is 3.06. The smallest absolute Gasteiger partial charge is 0.255 e. The van der Waals surface area contributed by atoms with Gasteiger partial charge in [0, 0.05) is 0 Å². The van der Waals surface area contributed by atoms with Gasteiger partial charge in [0.05, 0.1) is 38.3 Å². The first-order chi connectivity index (χ1) is 15.1. The van der Waals surface area contributed by atoms with Gasteiger partial charge in [0.25, 0.3) is 5.91 Å². The summed E-state index contributed by atoms with van der Waals surface area (Å²) in [6.45, 7) is 0. The number of ether oxygens (including phenoxy) is 2. The molecule has 0 saturated carbocycles. The van der Waals surface area contributed by atoms with Crippen LogP contribution in [0.4, 0.5) is 11.4 Å². The summed E-state index contributed by atoms with van der Waals surface area (Å²) in [5.41, 5.74) is -0.236.